The Morgan fingerprint density at radius 1 is 0.524 bits per heavy atom. The van der Waals surface area contributed by atoms with Gasteiger partial charge in [-0.15, -0.1) is 0 Å². The molecular weight excluding hydrogens is 284 g/mol. The molecule has 0 aromatic heterocycles. The number of benzene rings is 3. The summed E-state index contributed by atoms with van der Waals surface area (Å²) in [4.78, 5) is 0. The maximum absolute atomic E-state index is 2.47. The molecule has 0 nitrogen and oxygen atoms in total. The first kappa shape index (κ1) is 14.0. The van der Waals surface area contributed by atoms with E-state index in [1.165, 1.54) is 0 Å². The van der Waals surface area contributed by atoms with Gasteiger partial charge >= 0.3 is 0 Å². The molecule has 0 saturated heterocycles. The van der Waals surface area contributed by atoms with Gasteiger partial charge in [-0.1, -0.05) is 113 Å². The summed E-state index contributed by atoms with van der Waals surface area (Å²) >= 11 is 0. The minimum Gasteiger partial charge on any atom is -0.0757 e. The van der Waals surface area contributed by atoms with Crippen molar-refractivity contribution in [3.8, 4) is 0 Å². The summed E-state index contributed by atoms with van der Waals surface area (Å²) in [5, 5.41) is 4.66. The quantitative estimate of drug-likeness (QED) is 0.510. The molecule has 0 amide bonds. The summed E-state index contributed by atoms with van der Waals surface area (Å²) in [6.45, 7) is 2.47. The molecular formula is C19H20Si2. The first-order valence-electron chi connectivity index (χ1n) is 7.54. The molecule has 0 fully saturated rings. The minimum atomic E-state index is -1.76. The molecule has 0 saturated carbocycles. The average molecular weight is 305 g/mol. The van der Waals surface area contributed by atoms with Gasteiger partial charge in [0.2, 0.25) is 0 Å². The topological polar surface area (TPSA) is 0 Å². The molecule has 0 bridgehead atoms. The standard InChI is InChI=1S/C19H20Si2/c1-20-21(17-11-5-2-6-12-17,18-13-7-3-8-14-18)19-15-9-4-10-16-19/h2-16H,20H2,1H3. The van der Waals surface area contributed by atoms with Crippen LogP contribution in [-0.2, 0) is 0 Å². The van der Waals surface area contributed by atoms with Crippen molar-refractivity contribution in [1.82, 2.24) is 0 Å². The zero-order chi connectivity index (χ0) is 14.5. The van der Waals surface area contributed by atoms with E-state index < -0.39 is 7.59 Å². The number of hydrogen-bond acceptors (Lipinski definition) is 0. The van der Waals surface area contributed by atoms with Crippen LogP contribution in [0.25, 0.3) is 0 Å². The second-order valence-corrected chi connectivity index (χ2v) is 14.9. The van der Waals surface area contributed by atoms with E-state index in [4.69, 9.17) is 0 Å². The lowest BCUT2D eigenvalue weighted by Gasteiger charge is -2.32. The molecule has 0 N–H and O–H groups in total. The highest BCUT2D eigenvalue weighted by Crippen LogP contribution is 2.06. The van der Waals surface area contributed by atoms with Crippen LogP contribution in [0.5, 0.6) is 0 Å². The van der Waals surface area contributed by atoms with Gasteiger partial charge in [0.15, 0.2) is 0 Å². The monoisotopic (exact) mass is 304 g/mol. The summed E-state index contributed by atoms with van der Waals surface area (Å²) in [5.74, 6) is 0. The normalized spacial score (nSPS) is 11.9. The molecule has 0 heterocycles. The maximum Gasteiger partial charge on any atom is 0.132 e. The van der Waals surface area contributed by atoms with Gasteiger partial charge in [-0.2, -0.15) is 0 Å². The zero-order valence-corrected chi connectivity index (χ0v) is 14.8. The number of hydrogen-bond donors (Lipinski definition) is 0. The fourth-order valence-electron chi connectivity index (χ4n) is 3.28. The Bertz CT molecular complexity index is 582. The van der Waals surface area contributed by atoms with Crippen LogP contribution in [0, 0.1) is 0 Å². The molecule has 104 valence electrons. The molecule has 21 heavy (non-hydrogen) atoms. The molecule has 0 spiro atoms. The van der Waals surface area contributed by atoms with Gasteiger partial charge in [-0.3, -0.25) is 0 Å². The maximum atomic E-state index is 2.47. The van der Waals surface area contributed by atoms with E-state index in [0.29, 0.717) is 0 Å². The SMILES string of the molecule is C[SiH2][Si](c1ccccc1)(c1ccccc1)c1ccccc1. The molecule has 2 heteroatoms. The molecule has 0 unspecified atom stereocenters. The van der Waals surface area contributed by atoms with Crippen LogP contribution in [0.1, 0.15) is 0 Å². The van der Waals surface area contributed by atoms with Gasteiger partial charge < -0.3 is 0 Å². The Balaban J connectivity index is 2.29. The van der Waals surface area contributed by atoms with E-state index in [-0.39, 0.29) is 9.04 Å². The van der Waals surface area contributed by atoms with Crippen molar-refractivity contribution in [3.05, 3.63) is 91.0 Å². The van der Waals surface area contributed by atoms with Crippen LogP contribution in [0.3, 0.4) is 0 Å². The van der Waals surface area contributed by atoms with Crippen molar-refractivity contribution < 1.29 is 0 Å². The van der Waals surface area contributed by atoms with E-state index in [1.807, 2.05) is 0 Å². The van der Waals surface area contributed by atoms with Gasteiger partial charge in [0.05, 0.1) is 0 Å². The molecule has 3 aromatic rings. The van der Waals surface area contributed by atoms with Gasteiger partial charge in [0.25, 0.3) is 0 Å². The van der Waals surface area contributed by atoms with Crippen LogP contribution in [0.4, 0.5) is 0 Å². The lowest BCUT2D eigenvalue weighted by atomic mass is 10.3. The van der Waals surface area contributed by atoms with Crippen LogP contribution < -0.4 is 15.6 Å². The van der Waals surface area contributed by atoms with Crippen molar-refractivity contribution in [1.29, 1.82) is 0 Å². The van der Waals surface area contributed by atoms with Crippen molar-refractivity contribution in [3.63, 3.8) is 0 Å². The third-order valence-electron chi connectivity index (χ3n) is 4.33. The van der Waals surface area contributed by atoms with Gasteiger partial charge in [-0.25, -0.2) is 0 Å². The van der Waals surface area contributed by atoms with Gasteiger partial charge in [0, 0.05) is 9.04 Å². The van der Waals surface area contributed by atoms with Crippen molar-refractivity contribution in [2.24, 2.45) is 0 Å². The Morgan fingerprint density at radius 2 is 0.810 bits per heavy atom. The van der Waals surface area contributed by atoms with E-state index in [0.717, 1.165) is 0 Å². The first-order valence-corrected chi connectivity index (χ1v) is 13.3. The molecule has 0 aliphatic carbocycles. The second kappa shape index (κ2) is 6.25. The molecule has 0 aliphatic rings. The van der Waals surface area contributed by atoms with Crippen molar-refractivity contribution >= 4 is 32.2 Å². The van der Waals surface area contributed by atoms with E-state index in [9.17, 15) is 0 Å². The summed E-state index contributed by atoms with van der Waals surface area (Å²) in [6, 6.07) is 33.5. The summed E-state index contributed by atoms with van der Waals surface area (Å²) in [5.41, 5.74) is 0. The van der Waals surface area contributed by atoms with Crippen LogP contribution >= 0.6 is 0 Å². The Kier molecular flexibility index (Phi) is 4.18. The lowest BCUT2D eigenvalue weighted by molar-refractivity contribution is 1.70. The predicted octanol–water partition coefficient (Wildman–Crippen LogP) is 1.87. The molecule has 0 aliphatic heterocycles. The van der Waals surface area contributed by atoms with Crippen LogP contribution in [0.2, 0.25) is 6.55 Å². The third kappa shape index (κ3) is 2.52. The van der Waals surface area contributed by atoms with Crippen molar-refractivity contribution in [2.75, 3.05) is 0 Å². The van der Waals surface area contributed by atoms with Crippen LogP contribution in [0.15, 0.2) is 91.0 Å². The highest BCUT2D eigenvalue weighted by Gasteiger charge is 2.36. The lowest BCUT2D eigenvalue weighted by Crippen LogP contribution is -2.71. The smallest absolute Gasteiger partial charge is 0.0757 e. The van der Waals surface area contributed by atoms with Gasteiger partial charge in [0.1, 0.15) is 7.59 Å². The predicted molar refractivity (Wildman–Crippen MR) is 98.4 cm³/mol. The molecule has 0 radical (unpaired) electrons. The Hall–Kier alpha value is -1.91. The highest BCUT2D eigenvalue weighted by molar-refractivity contribution is 7.43. The minimum absolute atomic E-state index is 0.235. The fourth-order valence-corrected chi connectivity index (χ4v) is 13.6. The largest absolute Gasteiger partial charge is 0.132 e. The Labute approximate surface area is 130 Å². The Morgan fingerprint density at radius 3 is 1.05 bits per heavy atom. The molecule has 0 atom stereocenters. The summed E-state index contributed by atoms with van der Waals surface area (Å²) in [6.07, 6.45) is 0. The molecule has 3 aromatic carbocycles. The highest BCUT2D eigenvalue weighted by atomic mass is 29.2. The summed E-state index contributed by atoms with van der Waals surface area (Å²) in [7, 11) is -1.99. The average Bonchev–Trinajstić information content (AvgIpc) is 2.59. The first-order chi connectivity index (χ1) is 10.4. The summed E-state index contributed by atoms with van der Waals surface area (Å²) < 4.78 is 0. The van der Waals surface area contributed by atoms with Gasteiger partial charge in [-0.05, 0) is 0 Å². The van der Waals surface area contributed by atoms with E-state index in [1.54, 1.807) is 15.6 Å². The second-order valence-electron chi connectivity index (χ2n) is 5.36. The van der Waals surface area contributed by atoms with E-state index >= 15 is 0 Å². The van der Waals surface area contributed by atoms with Crippen molar-refractivity contribution in [2.45, 2.75) is 6.55 Å². The third-order valence-corrected chi connectivity index (χ3v) is 16.2. The number of rotatable bonds is 4. The van der Waals surface area contributed by atoms with Crippen LogP contribution in [-0.4, -0.2) is 16.6 Å². The zero-order valence-electron chi connectivity index (χ0n) is 12.4. The molecule has 3 rings (SSSR count). The van der Waals surface area contributed by atoms with E-state index in [2.05, 4.69) is 97.5 Å². The fraction of sp³-hybridized carbons (Fsp3) is 0.0526.